The minimum absolute atomic E-state index is 0.0157. The van der Waals surface area contributed by atoms with Gasteiger partial charge in [0.2, 0.25) is 0 Å². The van der Waals surface area contributed by atoms with Crippen molar-refractivity contribution < 1.29 is 13.7 Å². The van der Waals surface area contributed by atoms with E-state index in [0.717, 1.165) is 38.8 Å². The van der Waals surface area contributed by atoms with E-state index in [1.165, 1.54) is 37.0 Å². The van der Waals surface area contributed by atoms with Gasteiger partial charge in [-0.1, -0.05) is 59.6 Å². The molecule has 1 aromatic heterocycles. The summed E-state index contributed by atoms with van der Waals surface area (Å²) in [6.07, 6.45) is 7.49. The van der Waals surface area contributed by atoms with Crippen molar-refractivity contribution in [3.63, 3.8) is 0 Å². The lowest BCUT2D eigenvalue weighted by Gasteiger charge is -2.50. The van der Waals surface area contributed by atoms with Gasteiger partial charge in [-0.25, -0.2) is 4.39 Å². The average Bonchev–Trinajstić information content (AvgIpc) is 3.26. The normalized spacial score (nSPS) is 23.2. The summed E-state index contributed by atoms with van der Waals surface area (Å²) in [5, 5.41) is 7.35. The van der Waals surface area contributed by atoms with Crippen LogP contribution >= 0.6 is 11.6 Å². The third-order valence-electron chi connectivity index (χ3n) is 7.71. The molecule has 7 heteroatoms. The second-order valence-corrected chi connectivity index (χ2v) is 10.2. The molecule has 1 saturated carbocycles. The number of hydrogen-bond acceptors (Lipinski definition) is 4. The molecule has 0 radical (unpaired) electrons. The van der Waals surface area contributed by atoms with Crippen LogP contribution in [0.3, 0.4) is 0 Å². The molecule has 1 aliphatic carbocycles. The molecule has 0 atom stereocenters. The van der Waals surface area contributed by atoms with Crippen molar-refractivity contribution >= 4 is 17.5 Å². The zero-order valence-corrected chi connectivity index (χ0v) is 20.8. The smallest absolute Gasteiger partial charge is 0.257 e. The van der Waals surface area contributed by atoms with Gasteiger partial charge in [0.25, 0.3) is 5.91 Å². The third kappa shape index (κ3) is 4.62. The third-order valence-corrected chi connectivity index (χ3v) is 8.02. The SMILES string of the molecule is Cc1onc(-c2c(F)cccc2Cl)c1C(=O)NC1CCC(c2ccccc2)(N2CCCCC2)CC1. The van der Waals surface area contributed by atoms with E-state index in [4.69, 9.17) is 16.1 Å². The molecule has 5 nitrogen and oxygen atoms in total. The predicted molar refractivity (Wildman–Crippen MR) is 135 cm³/mol. The summed E-state index contributed by atoms with van der Waals surface area (Å²) in [5.74, 6) is -0.487. The summed E-state index contributed by atoms with van der Waals surface area (Å²) >= 11 is 6.25. The quantitative estimate of drug-likeness (QED) is 0.439. The second-order valence-electron chi connectivity index (χ2n) is 9.75. The molecule has 5 rings (SSSR count). The lowest BCUT2D eigenvalue weighted by atomic mass is 9.73. The van der Waals surface area contributed by atoms with Crippen LogP contribution in [0.2, 0.25) is 5.02 Å². The summed E-state index contributed by atoms with van der Waals surface area (Å²) in [7, 11) is 0. The van der Waals surface area contributed by atoms with Crippen LogP contribution in [0.25, 0.3) is 11.3 Å². The van der Waals surface area contributed by atoms with Gasteiger partial charge in [0.15, 0.2) is 0 Å². The zero-order chi connectivity index (χ0) is 24.4. The topological polar surface area (TPSA) is 58.4 Å². The summed E-state index contributed by atoms with van der Waals surface area (Å²) in [6, 6.07) is 15.3. The van der Waals surface area contributed by atoms with Crippen molar-refractivity contribution in [1.29, 1.82) is 0 Å². The number of amides is 1. The highest BCUT2D eigenvalue weighted by Crippen LogP contribution is 2.44. The van der Waals surface area contributed by atoms with Gasteiger partial charge in [0, 0.05) is 11.6 Å². The van der Waals surface area contributed by atoms with E-state index >= 15 is 0 Å². The summed E-state index contributed by atoms with van der Waals surface area (Å²) < 4.78 is 19.9. The van der Waals surface area contributed by atoms with Crippen molar-refractivity contribution in [1.82, 2.24) is 15.4 Å². The van der Waals surface area contributed by atoms with E-state index in [1.54, 1.807) is 13.0 Å². The number of piperidine rings is 1. The highest BCUT2D eigenvalue weighted by Gasteiger charge is 2.42. The van der Waals surface area contributed by atoms with Gasteiger partial charge < -0.3 is 9.84 Å². The fourth-order valence-electron chi connectivity index (χ4n) is 5.89. The van der Waals surface area contributed by atoms with Gasteiger partial charge in [0.1, 0.15) is 22.8 Å². The number of halogens is 2. The molecule has 1 aliphatic heterocycles. The molecule has 3 aromatic rings. The summed E-state index contributed by atoms with van der Waals surface area (Å²) in [5.41, 5.74) is 1.87. The van der Waals surface area contributed by atoms with Crippen LogP contribution in [0.5, 0.6) is 0 Å². The Morgan fingerprint density at radius 2 is 1.80 bits per heavy atom. The standard InChI is InChI=1S/C28H31ClFN3O2/c1-19-24(26(32-35-19)25-22(29)11-8-12-23(25)30)27(34)31-21-13-15-28(16-14-21,20-9-4-2-5-10-20)33-17-6-3-7-18-33/h2,4-5,8-12,21H,3,6-7,13-18H2,1H3,(H,31,34). The minimum Gasteiger partial charge on any atom is -0.360 e. The highest BCUT2D eigenvalue weighted by molar-refractivity contribution is 6.33. The molecule has 0 unspecified atom stereocenters. The molecular weight excluding hydrogens is 465 g/mol. The molecule has 0 bridgehead atoms. The number of likely N-dealkylation sites (tertiary alicyclic amines) is 1. The molecule has 1 amide bonds. The Morgan fingerprint density at radius 3 is 2.49 bits per heavy atom. The van der Waals surface area contributed by atoms with Crippen molar-refractivity contribution in [2.24, 2.45) is 0 Å². The Hall–Kier alpha value is -2.70. The van der Waals surface area contributed by atoms with Crippen LogP contribution in [0.1, 0.15) is 66.6 Å². The average molecular weight is 496 g/mol. The molecule has 1 saturated heterocycles. The van der Waals surface area contributed by atoms with Gasteiger partial charge >= 0.3 is 0 Å². The minimum atomic E-state index is -0.535. The Morgan fingerprint density at radius 1 is 1.09 bits per heavy atom. The van der Waals surface area contributed by atoms with Crippen molar-refractivity contribution in [3.05, 3.63) is 76.3 Å². The Bertz CT molecular complexity index is 1160. The molecule has 184 valence electrons. The molecular formula is C28H31ClFN3O2. The first-order valence-electron chi connectivity index (χ1n) is 12.5. The fourth-order valence-corrected chi connectivity index (χ4v) is 6.14. The van der Waals surface area contributed by atoms with Crippen LogP contribution in [0.4, 0.5) is 4.39 Å². The number of nitrogens with zero attached hydrogens (tertiary/aromatic N) is 2. The molecule has 2 aliphatic rings. The number of carbonyl (C=O) groups excluding carboxylic acids is 1. The van der Waals surface area contributed by atoms with Crippen molar-refractivity contribution in [3.8, 4) is 11.3 Å². The first kappa shape index (κ1) is 24.0. The van der Waals surface area contributed by atoms with Crippen LogP contribution in [-0.4, -0.2) is 35.1 Å². The Labute approximate surface area is 210 Å². The lowest BCUT2D eigenvalue weighted by molar-refractivity contribution is 0.0227. The number of carbonyl (C=O) groups is 1. The van der Waals surface area contributed by atoms with Crippen LogP contribution in [-0.2, 0) is 5.54 Å². The van der Waals surface area contributed by atoms with Gasteiger partial charge in [-0.2, -0.15) is 0 Å². The number of benzene rings is 2. The number of aromatic nitrogens is 1. The van der Waals surface area contributed by atoms with E-state index < -0.39 is 5.82 Å². The van der Waals surface area contributed by atoms with E-state index in [-0.39, 0.29) is 39.3 Å². The van der Waals surface area contributed by atoms with E-state index in [0.29, 0.717) is 5.76 Å². The highest BCUT2D eigenvalue weighted by atomic mass is 35.5. The molecule has 2 fully saturated rings. The lowest BCUT2D eigenvalue weighted by Crippen LogP contribution is -2.53. The Balaban J connectivity index is 1.35. The van der Waals surface area contributed by atoms with Crippen LogP contribution in [0, 0.1) is 12.7 Å². The van der Waals surface area contributed by atoms with Gasteiger partial charge in [-0.3, -0.25) is 9.69 Å². The largest absolute Gasteiger partial charge is 0.360 e. The van der Waals surface area contributed by atoms with E-state index in [9.17, 15) is 9.18 Å². The fraction of sp³-hybridized carbons (Fsp3) is 0.429. The van der Waals surface area contributed by atoms with Crippen LogP contribution < -0.4 is 5.32 Å². The maximum absolute atomic E-state index is 14.6. The summed E-state index contributed by atoms with van der Waals surface area (Å²) in [4.78, 5) is 16.0. The van der Waals surface area contributed by atoms with Crippen LogP contribution in [0.15, 0.2) is 53.1 Å². The number of rotatable bonds is 5. The van der Waals surface area contributed by atoms with Crippen molar-refractivity contribution in [2.75, 3.05) is 13.1 Å². The maximum Gasteiger partial charge on any atom is 0.257 e. The molecule has 35 heavy (non-hydrogen) atoms. The Kier molecular flexibility index (Phi) is 6.94. The number of aryl methyl sites for hydroxylation is 1. The first-order chi connectivity index (χ1) is 17.0. The number of hydrogen-bond donors (Lipinski definition) is 1. The molecule has 2 heterocycles. The van der Waals surface area contributed by atoms with Crippen molar-refractivity contribution in [2.45, 2.75) is 63.5 Å². The zero-order valence-electron chi connectivity index (χ0n) is 20.0. The first-order valence-corrected chi connectivity index (χ1v) is 12.9. The maximum atomic E-state index is 14.6. The second kappa shape index (κ2) is 10.1. The monoisotopic (exact) mass is 495 g/mol. The molecule has 0 spiro atoms. The van der Waals surface area contributed by atoms with E-state index in [2.05, 4.69) is 45.7 Å². The summed E-state index contributed by atoms with van der Waals surface area (Å²) in [6.45, 7) is 3.91. The van der Waals surface area contributed by atoms with Gasteiger partial charge in [-0.15, -0.1) is 0 Å². The molecule has 2 aromatic carbocycles. The predicted octanol–water partition coefficient (Wildman–Crippen LogP) is 6.50. The van der Waals surface area contributed by atoms with Gasteiger partial charge in [-0.05, 0) is 76.2 Å². The number of nitrogens with one attached hydrogen (secondary N) is 1. The van der Waals surface area contributed by atoms with Gasteiger partial charge in [0.05, 0.1) is 10.6 Å². The molecule has 1 N–H and O–H groups in total. The van der Waals surface area contributed by atoms with E-state index in [1.807, 2.05) is 0 Å².